The topological polar surface area (TPSA) is 43.2 Å². The quantitative estimate of drug-likeness (QED) is 0.500. The van der Waals surface area contributed by atoms with Crippen LogP contribution in [0.15, 0.2) is 66.9 Å². The third-order valence-electron chi connectivity index (χ3n) is 4.95. The summed E-state index contributed by atoms with van der Waals surface area (Å²) in [4.78, 5) is 6.99. The van der Waals surface area contributed by atoms with E-state index in [4.69, 9.17) is 4.74 Å². The van der Waals surface area contributed by atoms with Gasteiger partial charge in [-0.3, -0.25) is 4.68 Å². The predicted molar refractivity (Wildman–Crippen MR) is 113 cm³/mol. The van der Waals surface area contributed by atoms with Crippen molar-refractivity contribution in [1.29, 1.82) is 0 Å². The minimum atomic E-state index is 0.762. The Balaban J connectivity index is 1.67. The third kappa shape index (κ3) is 3.69. The Morgan fingerprint density at radius 3 is 2.39 bits per heavy atom. The summed E-state index contributed by atoms with van der Waals surface area (Å²) in [7, 11) is 3.62. The van der Waals surface area contributed by atoms with Crippen molar-refractivity contribution < 1.29 is 4.74 Å². The molecule has 0 fully saturated rings. The average molecular weight is 372 g/mol. The molecule has 2 heterocycles. The van der Waals surface area contributed by atoms with Crippen LogP contribution in [-0.2, 0) is 20.1 Å². The van der Waals surface area contributed by atoms with Gasteiger partial charge in [-0.25, -0.2) is 4.98 Å². The summed E-state index contributed by atoms with van der Waals surface area (Å²) in [6.45, 7) is 3.61. The molecule has 0 aliphatic heterocycles. The number of nitrogens with zero attached hydrogens (tertiary/aromatic N) is 4. The number of hydrogen-bond donors (Lipinski definition) is 0. The molecule has 28 heavy (non-hydrogen) atoms. The van der Waals surface area contributed by atoms with Crippen molar-refractivity contribution >= 4 is 16.7 Å². The van der Waals surface area contributed by atoms with Crippen LogP contribution in [0, 0.1) is 6.92 Å². The lowest BCUT2D eigenvalue weighted by molar-refractivity contribution is 0.415. The van der Waals surface area contributed by atoms with Crippen LogP contribution in [0.4, 0.5) is 5.69 Å². The van der Waals surface area contributed by atoms with Crippen molar-refractivity contribution in [3.05, 3.63) is 83.7 Å². The Labute approximate surface area is 165 Å². The Morgan fingerprint density at radius 1 is 0.964 bits per heavy atom. The van der Waals surface area contributed by atoms with Crippen molar-refractivity contribution in [2.75, 3.05) is 12.0 Å². The summed E-state index contributed by atoms with van der Waals surface area (Å²) in [6.07, 6.45) is 1.95. The van der Waals surface area contributed by atoms with Crippen molar-refractivity contribution in [2.45, 2.75) is 20.0 Å². The standard InChI is InChI=1S/C23H24N4O/c1-17-22-13-19(14-24-23(22)26(2)25-17)16-27(15-18-7-5-4-6-8-18)20-9-11-21(28-3)12-10-20/h4-14H,15-16H2,1-3H3. The molecule has 0 spiro atoms. The van der Waals surface area contributed by atoms with E-state index in [9.17, 15) is 0 Å². The van der Waals surface area contributed by atoms with E-state index in [1.807, 2.05) is 43.0 Å². The number of rotatable bonds is 6. The first-order chi connectivity index (χ1) is 13.6. The molecule has 2 aromatic heterocycles. The van der Waals surface area contributed by atoms with Gasteiger partial charge in [0, 0.05) is 37.4 Å². The molecule has 0 amide bonds. The van der Waals surface area contributed by atoms with Crippen LogP contribution in [0.3, 0.4) is 0 Å². The summed E-state index contributed by atoms with van der Waals surface area (Å²) in [6, 6.07) is 20.9. The van der Waals surface area contributed by atoms with Gasteiger partial charge >= 0.3 is 0 Å². The third-order valence-corrected chi connectivity index (χ3v) is 4.95. The summed E-state index contributed by atoms with van der Waals surface area (Å²) >= 11 is 0. The van der Waals surface area contributed by atoms with Gasteiger partial charge in [0.2, 0.25) is 0 Å². The van der Waals surface area contributed by atoms with E-state index in [0.717, 1.165) is 46.8 Å². The zero-order chi connectivity index (χ0) is 19.5. The van der Waals surface area contributed by atoms with Crippen LogP contribution in [0.5, 0.6) is 5.75 Å². The monoisotopic (exact) mass is 372 g/mol. The van der Waals surface area contributed by atoms with Crippen molar-refractivity contribution in [3.8, 4) is 5.75 Å². The largest absolute Gasteiger partial charge is 0.497 e. The van der Waals surface area contributed by atoms with Crippen molar-refractivity contribution in [3.63, 3.8) is 0 Å². The number of anilines is 1. The Hall–Kier alpha value is -3.34. The van der Waals surface area contributed by atoms with E-state index in [1.165, 1.54) is 5.56 Å². The number of fused-ring (bicyclic) bond motifs is 1. The number of benzene rings is 2. The molecule has 0 N–H and O–H groups in total. The number of aromatic nitrogens is 3. The summed E-state index contributed by atoms with van der Waals surface area (Å²) in [5.41, 5.74) is 5.50. The number of methoxy groups -OCH3 is 1. The highest BCUT2D eigenvalue weighted by Gasteiger charge is 2.12. The fourth-order valence-corrected chi connectivity index (χ4v) is 3.49. The van der Waals surface area contributed by atoms with Crippen molar-refractivity contribution in [2.24, 2.45) is 7.05 Å². The fraction of sp³-hybridized carbons (Fsp3) is 0.217. The predicted octanol–water partition coefficient (Wildman–Crippen LogP) is 4.49. The zero-order valence-corrected chi connectivity index (χ0v) is 16.5. The second-order valence-corrected chi connectivity index (χ2v) is 6.96. The Bertz CT molecular complexity index is 1070. The molecule has 0 aliphatic rings. The fourth-order valence-electron chi connectivity index (χ4n) is 3.49. The van der Waals surface area contributed by atoms with Gasteiger partial charge < -0.3 is 9.64 Å². The molecule has 0 saturated carbocycles. The first-order valence-corrected chi connectivity index (χ1v) is 9.35. The van der Waals surface area contributed by atoms with E-state index < -0.39 is 0 Å². The van der Waals surface area contributed by atoms with E-state index in [0.29, 0.717) is 0 Å². The van der Waals surface area contributed by atoms with Gasteiger partial charge in [-0.2, -0.15) is 5.10 Å². The molecule has 0 aliphatic carbocycles. The van der Waals surface area contributed by atoms with Gasteiger partial charge in [-0.15, -0.1) is 0 Å². The van der Waals surface area contributed by atoms with E-state index in [-0.39, 0.29) is 0 Å². The number of ether oxygens (including phenoxy) is 1. The van der Waals surface area contributed by atoms with Crippen molar-refractivity contribution in [1.82, 2.24) is 14.8 Å². The Morgan fingerprint density at radius 2 is 1.68 bits per heavy atom. The summed E-state index contributed by atoms with van der Waals surface area (Å²) < 4.78 is 7.14. The number of hydrogen-bond acceptors (Lipinski definition) is 4. The Kier molecular flexibility index (Phi) is 4.98. The molecule has 4 rings (SSSR count). The second kappa shape index (κ2) is 7.72. The zero-order valence-electron chi connectivity index (χ0n) is 16.5. The highest BCUT2D eigenvalue weighted by Crippen LogP contribution is 2.24. The first-order valence-electron chi connectivity index (χ1n) is 9.35. The van der Waals surface area contributed by atoms with Crippen LogP contribution in [0.1, 0.15) is 16.8 Å². The minimum Gasteiger partial charge on any atom is -0.497 e. The summed E-state index contributed by atoms with van der Waals surface area (Å²) in [5.74, 6) is 0.859. The maximum Gasteiger partial charge on any atom is 0.157 e. The van der Waals surface area contributed by atoms with E-state index >= 15 is 0 Å². The second-order valence-electron chi connectivity index (χ2n) is 6.96. The van der Waals surface area contributed by atoms with Gasteiger partial charge in [0.15, 0.2) is 5.65 Å². The van der Waals surface area contributed by atoms with Crippen LogP contribution in [-0.4, -0.2) is 21.9 Å². The lowest BCUT2D eigenvalue weighted by atomic mass is 10.1. The lowest BCUT2D eigenvalue weighted by Crippen LogP contribution is -2.22. The van der Waals surface area contributed by atoms with Gasteiger partial charge in [0.1, 0.15) is 5.75 Å². The number of pyridine rings is 1. The molecule has 0 unspecified atom stereocenters. The highest BCUT2D eigenvalue weighted by atomic mass is 16.5. The van der Waals surface area contributed by atoms with E-state index in [1.54, 1.807) is 7.11 Å². The highest BCUT2D eigenvalue weighted by molar-refractivity contribution is 5.78. The molecule has 0 atom stereocenters. The maximum absolute atomic E-state index is 5.31. The molecule has 0 radical (unpaired) electrons. The van der Waals surface area contributed by atoms with Crippen LogP contribution in [0.2, 0.25) is 0 Å². The van der Waals surface area contributed by atoms with Gasteiger partial charge in [0.05, 0.1) is 12.8 Å². The normalized spacial score (nSPS) is 11.0. The first kappa shape index (κ1) is 18.0. The molecule has 5 nitrogen and oxygen atoms in total. The molecule has 5 heteroatoms. The SMILES string of the molecule is COc1ccc(N(Cc2ccccc2)Cc2cnc3c(c2)c(C)nn3C)cc1. The smallest absolute Gasteiger partial charge is 0.157 e. The molecule has 2 aromatic carbocycles. The van der Waals surface area contributed by atoms with E-state index in [2.05, 4.69) is 57.4 Å². The molecular weight excluding hydrogens is 348 g/mol. The molecule has 0 saturated heterocycles. The van der Waals surface area contributed by atoms with Gasteiger partial charge in [-0.1, -0.05) is 30.3 Å². The number of aryl methyl sites for hydroxylation is 2. The molecule has 4 aromatic rings. The van der Waals surface area contributed by atoms with Crippen LogP contribution >= 0.6 is 0 Å². The maximum atomic E-state index is 5.31. The van der Waals surface area contributed by atoms with Gasteiger partial charge in [0.25, 0.3) is 0 Å². The van der Waals surface area contributed by atoms with Crippen LogP contribution in [0.25, 0.3) is 11.0 Å². The summed E-state index contributed by atoms with van der Waals surface area (Å²) in [5, 5.41) is 5.59. The van der Waals surface area contributed by atoms with Crippen LogP contribution < -0.4 is 9.64 Å². The minimum absolute atomic E-state index is 0.762. The molecule has 0 bridgehead atoms. The molecule has 142 valence electrons. The average Bonchev–Trinajstić information content (AvgIpc) is 3.01. The lowest BCUT2D eigenvalue weighted by Gasteiger charge is -2.25. The van der Waals surface area contributed by atoms with Gasteiger partial charge in [-0.05, 0) is 48.4 Å². The molecular formula is C23H24N4O.